The van der Waals surface area contributed by atoms with E-state index < -0.39 is 6.04 Å². The van der Waals surface area contributed by atoms with Crippen molar-refractivity contribution in [2.75, 3.05) is 6.54 Å². The molecular formula is C15H23N3O3. The SMILES string of the molecule is CCC(C)C1NC(=O)CCN(C(C)c2ncc(C)o2)C1=O. The van der Waals surface area contributed by atoms with E-state index in [1.807, 2.05) is 27.7 Å². The number of amides is 2. The summed E-state index contributed by atoms with van der Waals surface area (Å²) in [5.41, 5.74) is 0. The molecule has 1 fully saturated rings. The second-order valence-corrected chi connectivity index (χ2v) is 5.70. The number of aryl methyl sites for hydroxylation is 1. The van der Waals surface area contributed by atoms with E-state index in [0.717, 1.165) is 6.42 Å². The highest BCUT2D eigenvalue weighted by Crippen LogP contribution is 2.24. The zero-order chi connectivity index (χ0) is 15.6. The van der Waals surface area contributed by atoms with Gasteiger partial charge < -0.3 is 14.6 Å². The van der Waals surface area contributed by atoms with Crippen molar-refractivity contribution < 1.29 is 14.0 Å². The molecule has 0 spiro atoms. The van der Waals surface area contributed by atoms with Crippen molar-refractivity contribution in [2.45, 2.75) is 52.6 Å². The maximum absolute atomic E-state index is 12.8. The van der Waals surface area contributed by atoms with E-state index >= 15 is 0 Å². The summed E-state index contributed by atoms with van der Waals surface area (Å²) in [4.78, 5) is 30.5. The first-order chi connectivity index (χ1) is 9.93. The summed E-state index contributed by atoms with van der Waals surface area (Å²) in [5.74, 6) is 1.19. The van der Waals surface area contributed by atoms with E-state index in [1.165, 1.54) is 0 Å². The zero-order valence-corrected chi connectivity index (χ0v) is 13.0. The Morgan fingerprint density at radius 2 is 2.19 bits per heavy atom. The molecule has 0 bridgehead atoms. The maximum Gasteiger partial charge on any atom is 0.246 e. The van der Waals surface area contributed by atoms with Crippen molar-refractivity contribution in [1.29, 1.82) is 0 Å². The largest absolute Gasteiger partial charge is 0.444 e. The van der Waals surface area contributed by atoms with Gasteiger partial charge in [-0.15, -0.1) is 0 Å². The molecule has 1 saturated heterocycles. The number of nitrogens with one attached hydrogen (secondary N) is 1. The number of carbonyl (C=O) groups excluding carboxylic acids is 2. The molecule has 1 aliphatic rings. The molecule has 1 aromatic rings. The topological polar surface area (TPSA) is 75.4 Å². The van der Waals surface area contributed by atoms with Gasteiger partial charge in [0.15, 0.2) is 0 Å². The van der Waals surface area contributed by atoms with Gasteiger partial charge in [-0.3, -0.25) is 9.59 Å². The fraction of sp³-hybridized carbons (Fsp3) is 0.667. The average molecular weight is 293 g/mol. The minimum absolute atomic E-state index is 0.0569. The molecule has 0 aromatic carbocycles. The fourth-order valence-corrected chi connectivity index (χ4v) is 2.52. The summed E-state index contributed by atoms with van der Waals surface area (Å²) in [7, 11) is 0. The van der Waals surface area contributed by atoms with Crippen molar-refractivity contribution >= 4 is 11.8 Å². The van der Waals surface area contributed by atoms with Crippen LogP contribution in [0, 0.1) is 12.8 Å². The molecule has 2 heterocycles. The summed E-state index contributed by atoms with van der Waals surface area (Å²) in [6, 6.07) is -0.742. The van der Waals surface area contributed by atoms with E-state index in [9.17, 15) is 9.59 Å². The van der Waals surface area contributed by atoms with Crippen LogP contribution in [0.25, 0.3) is 0 Å². The van der Waals surface area contributed by atoms with Crippen LogP contribution < -0.4 is 5.32 Å². The minimum Gasteiger partial charge on any atom is -0.444 e. The standard InChI is InChI=1S/C15H23N3O3/c1-5-9(2)13-15(20)18(7-6-12(19)17-13)11(4)14-16-8-10(3)21-14/h8-9,11,13H,5-7H2,1-4H3,(H,17,19). The first kappa shape index (κ1) is 15.5. The molecular weight excluding hydrogens is 270 g/mol. The van der Waals surface area contributed by atoms with Gasteiger partial charge >= 0.3 is 0 Å². The Morgan fingerprint density at radius 1 is 1.48 bits per heavy atom. The predicted octanol–water partition coefficient (Wildman–Crippen LogP) is 1.81. The van der Waals surface area contributed by atoms with Crippen LogP contribution in [0.1, 0.15) is 51.3 Å². The third kappa shape index (κ3) is 3.25. The molecule has 2 amide bonds. The molecule has 6 nitrogen and oxygen atoms in total. The summed E-state index contributed by atoms with van der Waals surface area (Å²) in [6.45, 7) is 8.08. The Kier molecular flexibility index (Phi) is 4.65. The van der Waals surface area contributed by atoms with Crippen LogP contribution in [0.15, 0.2) is 10.6 Å². The van der Waals surface area contributed by atoms with E-state index in [4.69, 9.17) is 4.42 Å². The Morgan fingerprint density at radius 3 is 2.76 bits per heavy atom. The Labute approximate surface area is 124 Å². The highest BCUT2D eigenvalue weighted by molar-refractivity contribution is 5.90. The lowest BCUT2D eigenvalue weighted by atomic mass is 9.97. The molecule has 3 unspecified atom stereocenters. The van der Waals surface area contributed by atoms with Gasteiger partial charge in [0.05, 0.1) is 6.20 Å². The van der Waals surface area contributed by atoms with Crippen molar-refractivity contribution in [3.8, 4) is 0 Å². The third-order valence-corrected chi connectivity index (χ3v) is 4.12. The highest BCUT2D eigenvalue weighted by Gasteiger charge is 2.36. The highest BCUT2D eigenvalue weighted by atomic mass is 16.4. The van der Waals surface area contributed by atoms with E-state index in [0.29, 0.717) is 24.6 Å². The summed E-state index contributed by atoms with van der Waals surface area (Å²) in [5, 5.41) is 2.84. The Bertz CT molecular complexity index is 526. The van der Waals surface area contributed by atoms with Gasteiger partial charge in [0.25, 0.3) is 0 Å². The Hall–Kier alpha value is -1.85. The fourth-order valence-electron chi connectivity index (χ4n) is 2.52. The van der Waals surface area contributed by atoms with Crippen molar-refractivity contribution in [3.63, 3.8) is 0 Å². The monoisotopic (exact) mass is 293 g/mol. The van der Waals surface area contributed by atoms with Gasteiger partial charge in [0.1, 0.15) is 17.8 Å². The van der Waals surface area contributed by atoms with Gasteiger partial charge in [0, 0.05) is 13.0 Å². The quantitative estimate of drug-likeness (QED) is 0.918. The number of oxazole rings is 1. The molecule has 1 aliphatic heterocycles. The van der Waals surface area contributed by atoms with Crippen LogP contribution in [-0.2, 0) is 9.59 Å². The van der Waals surface area contributed by atoms with Crippen molar-refractivity contribution in [3.05, 3.63) is 17.8 Å². The van der Waals surface area contributed by atoms with Gasteiger partial charge in [-0.25, -0.2) is 4.98 Å². The van der Waals surface area contributed by atoms with Crippen LogP contribution in [-0.4, -0.2) is 34.3 Å². The maximum atomic E-state index is 12.8. The molecule has 0 saturated carbocycles. The molecule has 1 aromatic heterocycles. The van der Waals surface area contributed by atoms with Crippen LogP contribution in [0.5, 0.6) is 0 Å². The van der Waals surface area contributed by atoms with E-state index in [-0.39, 0.29) is 23.8 Å². The lowest BCUT2D eigenvalue weighted by Gasteiger charge is -2.30. The molecule has 1 N–H and O–H groups in total. The number of rotatable bonds is 4. The van der Waals surface area contributed by atoms with E-state index in [1.54, 1.807) is 11.1 Å². The first-order valence-corrected chi connectivity index (χ1v) is 7.46. The third-order valence-electron chi connectivity index (χ3n) is 4.12. The summed E-state index contributed by atoms with van der Waals surface area (Å²) in [6.07, 6.45) is 2.78. The Balaban J connectivity index is 2.24. The molecule has 0 radical (unpaired) electrons. The van der Waals surface area contributed by atoms with Gasteiger partial charge in [-0.2, -0.15) is 0 Å². The number of hydrogen-bond donors (Lipinski definition) is 1. The second kappa shape index (κ2) is 6.28. The van der Waals surface area contributed by atoms with Crippen LogP contribution in [0.3, 0.4) is 0 Å². The predicted molar refractivity (Wildman–Crippen MR) is 77.4 cm³/mol. The second-order valence-electron chi connectivity index (χ2n) is 5.70. The zero-order valence-electron chi connectivity index (χ0n) is 13.0. The van der Waals surface area contributed by atoms with E-state index in [2.05, 4.69) is 10.3 Å². The van der Waals surface area contributed by atoms with Gasteiger partial charge in [-0.1, -0.05) is 20.3 Å². The van der Waals surface area contributed by atoms with Gasteiger partial charge in [-0.05, 0) is 19.8 Å². The molecule has 3 atom stereocenters. The average Bonchev–Trinajstić information content (AvgIpc) is 2.83. The lowest BCUT2D eigenvalue weighted by Crippen LogP contribution is -2.48. The number of nitrogens with zero attached hydrogens (tertiary/aromatic N) is 2. The summed E-state index contributed by atoms with van der Waals surface area (Å²) < 4.78 is 5.53. The first-order valence-electron chi connectivity index (χ1n) is 7.46. The smallest absolute Gasteiger partial charge is 0.246 e. The lowest BCUT2D eigenvalue weighted by molar-refractivity contribution is -0.137. The molecule has 21 heavy (non-hydrogen) atoms. The molecule has 2 rings (SSSR count). The number of carbonyl (C=O) groups is 2. The number of hydrogen-bond acceptors (Lipinski definition) is 4. The minimum atomic E-state index is -0.469. The number of aromatic nitrogens is 1. The van der Waals surface area contributed by atoms with Crippen LogP contribution in [0.2, 0.25) is 0 Å². The van der Waals surface area contributed by atoms with Crippen LogP contribution in [0.4, 0.5) is 0 Å². The normalized spacial score (nSPS) is 22.7. The molecule has 116 valence electrons. The van der Waals surface area contributed by atoms with Crippen molar-refractivity contribution in [1.82, 2.24) is 15.2 Å². The van der Waals surface area contributed by atoms with Gasteiger partial charge in [0.2, 0.25) is 17.7 Å². The van der Waals surface area contributed by atoms with Crippen molar-refractivity contribution in [2.24, 2.45) is 5.92 Å². The summed E-state index contributed by atoms with van der Waals surface area (Å²) >= 11 is 0. The van der Waals surface area contributed by atoms with Crippen LogP contribution >= 0.6 is 0 Å². The molecule has 6 heteroatoms. The molecule has 0 aliphatic carbocycles.